The first kappa shape index (κ1) is 21.4. The summed E-state index contributed by atoms with van der Waals surface area (Å²) in [5.74, 6) is -0.343. The molecule has 1 aliphatic rings. The van der Waals surface area contributed by atoms with E-state index < -0.39 is 0 Å². The summed E-state index contributed by atoms with van der Waals surface area (Å²) in [4.78, 5) is 19.2. The van der Waals surface area contributed by atoms with Gasteiger partial charge in [-0.05, 0) is 80.1 Å². The first-order chi connectivity index (χ1) is 16.0. The van der Waals surface area contributed by atoms with E-state index in [1.807, 2.05) is 31.2 Å². The standard InChI is InChI=1S/C26H20ClN3O2S/c1-15-5-4-6-18(11-15)29-24(31)20-13-16-12-17(27)9-10-22(16)32-25(20)30-26-21(14-28)19-7-2-3-8-23(19)33-26/h4-6,9-13H,2-3,7-8H2,1H3,(H,29,31)/b30-25-. The number of aryl methyl sites for hydroxylation is 2. The van der Waals surface area contributed by atoms with Crippen molar-refractivity contribution in [1.82, 2.24) is 0 Å². The van der Waals surface area contributed by atoms with Gasteiger partial charge in [0.05, 0.1) is 5.56 Å². The molecule has 0 bridgehead atoms. The molecule has 164 valence electrons. The van der Waals surface area contributed by atoms with Crippen LogP contribution in [0.1, 0.15) is 44.8 Å². The molecule has 33 heavy (non-hydrogen) atoms. The molecule has 2 aromatic carbocycles. The van der Waals surface area contributed by atoms with Crippen LogP contribution in [0.15, 0.2) is 57.9 Å². The van der Waals surface area contributed by atoms with Crippen LogP contribution in [-0.2, 0) is 12.8 Å². The number of fused-ring (bicyclic) bond motifs is 2. The minimum atomic E-state index is -0.343. The molecule has 0 atom stereocenters. The number of rotatable bonds is 3. The van der Waals surface area contributed by atoms with Gasteiger partial charge in [-0.3, -0.25) is 4.79 Å². The van der Waals surface area contributed by atoms with E-state index in [9.17, 15) is 10.1 Å². The Hall–Kier alpha value is -3.40. The number of hydrogen-bond donors (Lipinski definition) is 1. The summed E-state index contributed by atoms with van der Waals surface area (Å²) in [6.45, 7) is 1.96. The van der Waals surface area contributed by atoms with Crippen molar-refractivity contribution in [3.63, 3.8) is 0 Å². The fraction of sp³-hybridized carbons (Fsp3) is 0.192. The molecular weight excluding hydrogens is 454 g/mol. The van der Waals surface area contributed by atoms with Crippen LogP contribution >= 0.6 is 22.9 Å². The average Bonchev–Trinajstić information content (AvgIpc) is 3.15. The third-order valence-corrected chi connectivity index (χ3v) is 7.12. The van der Waals surface area contributed by atoms with Gasteiger partial charge >= 0.3 is 0 Å². The minimum absolute atomic E-state index is 0.171. The van der Waals surface area contributed by atoms with Gasteiger partial charge in [0.1, 0.15) is 22.2 Å². The summed E-state index contributed by atoms with van der Waals surface area (Å²) < 4.78 is 6.08. The Kier molecular flexibility index (Phi) is 5.76. The van der Waals surface area contributed by atoms with Crippen LogP contribution in [0.3, 0.4) is 0 Å². The highest BCUT2D eigenvalue weighted by Crippen LogP contribution is 2.39. The monoisotopic (exact) mass is 473 g/mol. The number of hydrogen-bond acceptors (Lipinski definition) is 5. The summed E-state index contributed by atoms with van der Waals surface area (Å²) in [5.41, 5.74) is 4.41. The lowest BCUT2D eigenvalue weighted by Gasteiger charge is -2.09. The van der Waals surface area contributed by atoms with Crippen molar-refractivity contribution in [2.45, 2.75) is 32.6 Å². The second kappa shape index (κ2) is 8.86. The fourth-order valence-electron chi connectivity index (χ4n) is 4.11. The Morgan fingerprint density at radius 1 is 1.18 bits per heavy atom. The number of nitriles is 1. The maximum atomic E-state index is 13.3. The van der Waals surface area contributed by atoms with Crippen LogP contribution < -0.4 is 10.9 Å². The molecule has 1 amide bonds. The van der Waals surface area contributed by atoms with Crippen molar-refractivity contribution < 1.29 is 9.21 Å². The number of benzene rings is 2. The zero-order chi connectivity index (χ0) is 22.9. The van der Waals surface area contributed by atoms with Crippen molar-refractivity contribution in [2.75, 3.05) is 5.32 Å². The van der Waals surface area contributed by atoms with Crippen molar-refractivity contribution in [3.8, 4) is 6.07 Å². The topological polar surface area (TPSA) is 78.4 Å². The summed E-state index contributed by atoms with van der Waals surface area (Å²) >= 11 is 7.68. The zero-order valence-corrected chi connectivity index (χ0v) is 19.5. The highest BCUT2D eigenvalue weighted by Gasteiger charge is 2.21. The van der Waals surface area contributed by atoms with Gasteiger partial charge in [0.2, 0.25) is 5.55 Å². The average molecular weight is 474 g/mol. The molecule has 0 spiro atoms. The van der Waals surface area contributed by atoms with Gasteiger partial charge in [0.15, 0.2) is 0 Å². The van der Waals surface area contributed by atoms with Gasteiger partial charge in [-0.2, -0.15) is 5.26 Å². The van der Waals surface area contributed by atoms with E-state index in [-0.39, 0.29) is 17.0 Å². The molecule has 1 N–H and O–H groups in total. The molecule has 1 aliphatic carbocycles. The SMILES string of the molecule is Cc1cccc(NC(=O)c2cc3cc(Cl)ccc3o/c2=N\c2sc3c(c2C#N)CCCC3)c1. The highest BCUT2D eigenvalue weighted by molar-refractivity contribution is 7.16. The molecule has 2 heterocycles. The fourth-order valence-corrected chi connectivity index (χ4v) is 5.49. The lowest BCUT2D eigenvalue weighted by Crippen LogP contribution is -2.21. The molecule has 0 radical (unpaired) electrons. The summed E-state index contributed by atoms with van der Waals surface area (Å²) in [6, 6.07) is 16.9. The second-order valence-corrected chi connectivity index (χ2v) is 9.61. The third-order valence-electron chi connectivity index (χ3n) is 5.70. The van der Waals surface area contributed by atoms with E-state index in [0.29, 0.717) is 32.2 Å². The normalized spacial score (nSPS) is 13.5. The molecule has 0 fully saturated rings. The largest absolute Gasteiger partial charge is 0.437 e. The van der Waals surface area contributed by atoms with E-state index in [2.05, 4.69) is 11.4 Å². The minimum Gasteiger partial charge on any atom is -0.437 e. The Bertz CT molecular complexity index is 1510. The van der Waals surface area contributed by atoms with Gasteiger partial charge in [0, 0.05) is 21.0 Å². The smallest absolute Gasteiger partial charge is 0.261 e. The van der Waals surface area contributed by atoms with Crippen molar-refractivity contribution in [2.24, 2.45) is 4.99 Å². The van der Waals surface area contributed by atoms with E-state index in [1.165, 1.54) is 16.2 Å². The summed E-state index contributed by atoms with van der Waals surface area (Å²) in [7, 11) is 0. The number of amides is 1. The molecule has 2 aromatic heterocycles. The van der Waals surface area contributed by atoms with Crippen LogP contribution in [0.4, 0.5) is 10.7 Å². The Morgan fingerprint density at radius 2 is 2.03 bits per heavy atom. The van der Waals surface area contributed by atoms with Gasteiger partial charge in [-0.1, -0.05) is 23.7 Å². The van der Waals surface area contributed by atoms with Crippen LogP contribution in [0.2, 0.25) is 5.02 Å². The van der Waals surface area contributed by atoms with Crippen LogP contribution in [0.5, 0.6) is 0 Å². The van der Waals surface area contributed by atoms with E-state index in [4.69, 9.17) is 21.0 Å². The molecule has 4 aromatic rings. The van der Waals surface area contributed by atoms with Crippen LogP contribution in [0, 0.1) is 18.3 Å². The number of carbonyl (C=O) groups is 1. The van der Waals surface area contributed by atoms with Gasteiger partial charge < -0.3 is 9.73 Å². The predicted octanol–water partition coefficient (Wildman–Crippen LogP) is 6.69. The lowest BCUT2D eigenvalue weighted by molar-refractivity contribution is 0.102. The second-order valence-electron chi connectivity index (χ2n) is 8.09. The number of nitrogens with one attached hydrogen (secondary N) is 1. The van der Waals surface area contributed by atoms with E-state index >= 15 is 0 Å². The number of halogens is 1. The summed E-state index contributed by atoms with van der Waals surface area (Å²) in [5, 5.41) is 14.6. The molecule has 5 rings (SSSR count). The maximum Gasteiger partial charge on any atom is 0.261 e. The van der Waals surface area contributed by atoms with Crippen molar-refractivity contribution in [1.29, 1.82) is 5.26 Å². The number of anilines is 1. The Balaban J connectivity index is 1.68. The number of thiophene rings is 1. The molecule has 7 heteroatoms. The Morgan fingerprint density at radius 3 is 2.85 bits per heavy atom. The molecular formula is C26H20ClN3O2S. The Labute approximate surface area is 200 Å². The van der Waals surface area contributed by atoms with E-state index in [1.54, 1.807) is 24.3 Å². The number of nitrogens with zero attached hydrogens (tertiary/aromatic N) is 2. The molecule has 0 unspecified atom stereocenters. The molecule has 0 saturated carbocycles. The quantitative estimate of drug-likeness (QED) is 0.360. The van der Waals surface area contributed by atoms with Crippen molar-refractivity contribution >= 4 is 50.5 Å². The van der Waals surface area contributed by atoms with Gasteiger partial charge in [0.25, 0.3) is 5.91 Å². The van der Waals surface area contributed by atoms with Gasteiger partial charge in [-0.25, -0.2) is 4.99 Å². The van der Waals surface area contributed by atoms with Crippen LogP contribution in [0.25, 0.3) is 11.0 Å². The first-order valence-corrected chi connectivity index (χ1v) is 11.9. The maximum absolute atomic E-state index is 13.3. The van der Waals surface area contributed by atoms with E-state index in [0.717, 1.165) is 36.8 Å². The number of carbonyl (C=O) groups excluding carboxylic acids is 1. The molecule has 0 saturated heterocycles. The zero-order valence-electron chi connectivity index (χ0n) is 17.9. The van der Waals surface area contributed by atoms with Crippen molar-refractivity contribution in [3.05, 3.63) is 86.2 Å². The third kappa shape index (κ3) is 4.30. The van der Waals surface area contributed by atoms with Gasteiger partial charge in [-0.15, -0.1) is 11.3 Å². The molecule has 0 aliphatic heterocycles. The predicted molar refractivity (Wildman–Crippen MR) is 131 cm³/mol. The lowest BCUT2D eigenvalue weighted by atomic mass is 9.96. The summed E-state index contributed by atoms with van der Waals surface area (Å²) in [6.07, 6.45) is 4.03. The van der Waals surface area contributed by atoms with Crippen LogP contribution in [-0.4, -0.2) is 5.91 Å². The first-order valence-electron chi connectivity index (χ1n) is 10.7. The molecule has 5 nitrogen and oxygen atoms in total. The highest BCUT2D eigenvalue weighted by atomic mass is 35.5.